The molecule has 4 aromatic carbocycles. The van der Waals surface area contributed by atoms with E-state index in [1.54, 1.807) is 0 Å². The molecule has 0 N–H and O–H groups in total. The number of hydrogen-bond acceptors (Lipinski definition) is 3. The van der Waals surface area contributed by atoms with Crippen LogP contribution in [0.15, 0.2) is 158 Å². The monoisotopic (exact) mass is 507 g/mol. The Balaban J connectivity index is 1.49. The van der Waals surface area contributed by atoms with Crippen molar-refractivity contribution in [2.45, 2.75) is 0 Å². The van der Waals surface area contributed by atoms with E-state index in [1.807, 2.05) is 30.5 Å². The van der Waals surface area contributed by atoms with Gasteiger partial charge in [-0.25, -0.2) is 4.98 Å². The van der Waals surface area contributed by atoms with Gasteiger partial charge in [0.05, 0.1) is 11.1 Å². The zero-order valence-electron chi connectivity index (χ0n) is 20.8. The summed E-state index contributed by atoms with van der Waals surface area (Å²) >= 11 is 0. The third-order valence-corrected chi connectivity index (χ3v) is 8.62. The molecule has 0 saturated heterocycles. The highest BCUT2D eigenvalue weighted by molar-refractivity contribution is 7.79. The van der Waals surface area contributed by atoms with E-state index in [2.05, 4.69) is 137 Å². The van der Waals surface area contributed by atoms with E-state index in [1.165, 1.54) is 10.6 Å². The van der Waals surface area contributed by atoms with Crippen molar-refractivity contribution in [1.29, 1.82) is 0 Å². The van der Waals surface area contributed by atoms with Crippen LogP contribution in [0.1, 0.15) is 0 Å². The van der Waals surface area contributed by atoms with Crippen LogP contribution in [0, 0.1) is 0 Å². The van der Waals surface area contributed by atoms with Crippen molar-refractivity contribution in [2.75, 3.05) is 4.90 Å². The van der Waals surface area contributed by atoms with Crippen molar-refractivity contribution in [3.05, 3.63) is 158 Å². The van der Waals surface area contributed by atoms with Gasteiger partial charge in [-0.2, -0.15) is 0 Å². The van der Waals surface area contributed by atoms with Gasteiger partial charge in [0.25, 0.3) is 0 Å². The highest BCUT2D eigenvalue weighted by Crippen LogP contribution is 2.37. The summed E-state index contributed by atoms with van der Waals surface area (Å²) in [5, 5.41) is 2.56. The van der Waals surface area contributed by atoms with E-state index >= 15 is 0 Å². The lowest BCUT2D eigenvalue weighted by Crippen LogP contribution is -2.24. The first-order chi connectivity index (χ1) is 18.9. The van der Waals surface area contributed by atoms with Gasteiger partial charge in [-0.3, -0.25) is 9.88 Å². The van der Waals surface area contributed by atoms with Crippen molar-refractivity contribution in [3.63, 3.8) is 0 Å². The summed E-state index contributed by atoms with van der Waals surface area (Å²) in [4.78, 5) is 12.1. The number of anilines is 3. The fourth-order valence-corrected chi connectivity index (χ4v) is 6.76. The van der Waals surface area contributed by atoms with Crippen LogP contribution in [0.25, 0.3) is 11.3 Å². The predicted octanol–water partition coefficient (Wildman–Crippen LogP) is 7.37. The van der Waals surface area contributed by atoms with Crippen molar-refractivity contribution in [3.8, 4) is 11.3 Å². The molecular formula is C34H26N3P. The molecule has 38 heavy (non-hydrogen) atoms. The number of para-hydroxylation sites is 1. The predicted molar refractivity (Wildman–Crippen MR) is 161 cm³/mol. The first-order valence-corrected chi connectivity index (χ1v) is 13.9. The normalized spacial score (nSPS) is 10.9. The topological polar surface area (TPSA) is 29.0 Å². The molecule has 0 aliphatic rings. The second-order valence-electron chi connectivity index (χ2n) is 8.80. The average Bonchev–Trinajstić information content (AvgIpc) is 3.00. The van der Waals surface area contributed by atoms with E-state index in [4.69, 9.17) is 4.98 Å². The molecular weight excluding hydrogens is 481 g/mol. The Morgan fingerprint density at radius 1 is 0.500 bits per heavy atom. The fourth-order valence-electron chi connectivity index (χ4n) is 4.56. The lowest BCUT2D eigenvalue weighted by molar-refractivity contribution is 1.20. The number of pyridine rings is 2. The highest BCUT2D eigenvalue weighted by Gasteiger charge is 2.20. The number of rotatable bonds is 7. The molecule has 3 nitrogen and oxygen atoms in total. The van der Waals surface area contributed by atoms with Crippen molar-refractivity contribution in [2.24, 2.45) is 0 Å². The van der Waals surface area contributed by atoms with Crippen LogP contribution in [0.3, 0.4) is 0 Å². The zero-order valence-corrected chi connectivity index (χ0v) is 21.7. The van der Waals surface area contributed by atoms with Gasteiger partial charge in [-0.15, -0.1) is 0 Å². The first-order valence-electron chi connectivity index (χ1n) is 12.6. The molecule has 0 amide bonds. The van der Waals surface area contributed by atoms with Crippen LogP contribution in [0.4, 0.5) is 17.2 Å². The molecule has 0 aliphatic carbocycles. The number of hydrogen-bond donors (Lipinski definition) is 0. The van der Waals surface area contributed by atoms with Gasteiger partial charge in [0.15, 0.2) is 0 Å². The van der Waals surface area contributed by atoms with Crippen LogP contribution in [0.5, 0.6) is 0 Å². The Morgan fingerprint density at radius 3 is 1.76 bits per heavy atom. The van der Waals surface area contributed by atoms with Gasteiger partial charge in [-0.1, -0.05) is 103 Å². The Labute approximate surface area is 224 Å². The summed E-state index contributed by atoms with van der Waals surface area (Å²) in [5.74, 6) is 0.881. The molecule has 0 saturated carbocycles. The maximum absolute atomic E-state index is 5.32. The molecule has 6 aromatic rings. The summed E-state index contributed by atoms with van der Waals surface area (Å²) in [5.41, 5.74) is 5.17. The Morgan fingerprint density at radius 2 is 1.11 bits per heavy atom. The molecule has 0 aliphatic heterocycles. The van der Waals surface area contributed by atoms with E-state index in [0.29, 0.717) is 0 Å². The van der Waals surface area contributed by atoms with Crippen molar-refractivity contribution in [1.82, 2.24) is 9.97 Å². The van der Waals surface area contributed by atoms with Gasteiger partial charge >= 0.3 is 0 Å². The van der Waals surface area contributed by atoms with E-state index in [0.717, 1.165) is 33.9 Å². The molecule has 0 atom stereocenters. The molecule has 2 aromatic heterocycles. The third-order valence-electron chi connectivity index (χ3n) is 6.29. The second kappa shape index (κ2) is 11.2. The smallest absolute Gasteiger partial charge is 0.138 e. The van der Waals surface area contributed by atoms with Gasteiger partial charge in [0.1, 0.15) is 5.82 Å². The summed E-state index contributed by atoms with van der Waals surface area (Å²) in [6.45, 7) is 0. The molecule has 0 unspecified atom stereocenters. The Hall–Kier alpha value is -4.59. The minimum atomic E-state index is -0.815. The van der Waals surface area contributed by atoms with E-state index in [9.17, 15) is 0 Å². The van der Waals surface area contributed by atoms with Crippen molar-refractivity contribution >= 4 is 41.2 Å². The van der Waals surface area contributed by atoms with Crippen LogP contribution >= 0.6 is 7.92 Å². The first kappa shape index (κ1) is 23.8. The Kier molecular flexibility index (Phi) is 7.02. The van der Waals surface area contributed by atoms with Crippen molar-refractivity contribution < 1.29 is 0 Å². The zero-order chi connectivity index (χ0) is 25.6. The standard InChI is InChI=1S/C34H26N3P/c1-4-15-28(16-5-1)37(29-17-12-14-27(26-29)32-22-10-11-25-35-32)33-23-13-24-34(36-33)38(30-18-6-2-7-19-30)31-20-8-3-9-21-31/h1-26H. The Bertz CT molecular complexity index is 1570. The minimum Gasteiger partial charge on any atom is -0.295 e. The molecule has 6 rings (SSSR count). The van der Waals surface area contributed by atoms with Crippen LogP contribution in [0.2, 0.25) is 0 Å². The van der Waals surface area contributed by atoms with Gasteiger partial charge < -0.3 is 0 Å². The van der Waals surface area contributed by atoms with Gasteiger partial charge in [0.2, 0.25) is 0 Å². The summed E-state index contributed by atoms with van der Waals surface area (Å²) in [6, 6.07) is 52.7. The maximum Gasteiger partial charge on any atom is 0.138 e. The molecule has 0 radical (unpaired) electrons. The van der Waals surface area contributed by atoms with Gasteiger partial charge in [-0.05, 0) is 59.1 Å². The number of nitrogens with zero attached hydrogens (tertiary/aromatic N) is 3. The number of benzene rings is 4. The molecule has 0 fully saturated rings. The van der Waals surface area contributed by atoms with Gasteiger partial charge in [0, 0.05) is 31.1 Å². The molecule has 0 bridgehead atoms. The average molecular weight is 508 g/mol. The molecule has 4 heteroatoms. The molecule has 182 valence electrons. The van der Waals surface area contributed by atoms with E-state index < -0.39 is 7.92 Å². The maximum atomic E-state index is 5.32. The third kappa shape index (κ3) is 5.11. The fraction of sp³-hybridized carbons (Fsp3) is 0. The SMILES string of the molecule is c1ccc(N(c2cccc(-c3ccccn3)c2)c2cccc(P(c3ccccc3)c3ccccc3)n2)cc1. The second-order valence-corrected chi connectivity index (χ2v) is 11.0. The quantitative estimate of drug-likeness (QED) is 0.211. The largest absolute Gasteiger partial charge is 0.295 e. The van der Waals surface area contributed by atoms with Crippen LogP contribution in [-0.4, -0.2) is 9.97 Å². The summed E-state index contributed by atoms with van der Waals surface area (Å²) in [6.07, 6.45) is 1.83. The van der Waals surface area contributed by atoms with Crippen LogP contribution in [-0.2, 0) is 0 Å². The molecule has 0 spiro atoms. The lowest BCUT2D eigenvalue weighted by Gasteiger charge is -2.26. The summed E-state index contributed by atoms with van der Waals surface area (Å²) < 4.78 is 0. The molecule has 2 heterocycles. The lowest BCUT2D eigenvalue weighted by atomic mass is 10.1. The van der Waals surface area contributed by atoms with E-state index in [-0.39, 0.29) is 0 Å². The van der Waals surface area contributed by atoms with Crippen LogP contribution < -0.4 is 20.9 Å². The minimum absolute atomic E-state index is 0.815. The highest BCUT2D eigenvalue weighted by atomic mass is 31.1. The summed E-state index contributed by atoms with van der Waals surface area (Å²) in [7, 11) is -0.815. The number of aromatic nitrogens is 2.